The van der Waals surface area contributed by atoms with Gasteiger partial charge in [0.1, 0.15) is 0 Å². The van der Waals surface area contributed by atoms with Gasteiger partial charge in [-0.1, -0.05) is 12.1 Å². The maximum atomic E-state index is 11.5. The first-order valence-corrected chi connectivity index (χ1v) is 8.61. The molecular weight excluding hydrogens is 326 g/mol. The monoisotopic (exact) mass is 347 g/mol. The van der Waals surface area contributed by atoms with Crippen molar-refractivity contribution in [2.75, 3.05) is 32.1 Å². The van der Waals surface area contributed by atoms with E-state index in [1.165, 1.54) is 0 Å². The number of carbonyl (C=O) groups excluding carboxylic acids is 1. The number of nitrogens with one attached hydrogen (secondary N) is 3. The first-order chi connectivity index (χ1) is 11.7. The van der Waals surface area contributed by atoms with Gasteiger partial charge in [-0.2, -0.15) is 0 Å². The van der Waals surface area contributed by atoms with Crippen LogP contribution in [-0.4, -0.2) is 48.3 Å². The highest BCUT2D eigenvalue weighted by atomic mass is 32.2. The second-order valence-electron chi connectivity index (χ2n) is 5.42. The highest BCUT2D eigenvalue weighted by Gasteiger charge is 2.34. The second-order valence-corrected chi connectivity index (χ2v) is 6.49. The van der Waals surface area contributed by atoms with Crippen molar-refractivity contribution in [1.82, 2.24) is 15.8 Å². The molecule has 2 aliphatic heterocycles. The van der Waals surface area contributed by atoms with E-state index in [-0.39, 0.29) is 11.3 Å². The number of amidine groups is 1. The van der Waals surface area contributed by atoms with E-state index in [4.69, 9.17) is 4.74 Å². The van der Waals surface area contributed by atoms with Crippen LogP contribution < -0.4 is 16.1 Å². The fraction of sp³-hybridized carbons (Fsp3) is 0.375. The van der Waals surface area contributed by atoms with Crippen LogP contribution in [0.3, 0.4) is 0 Å². The fourth-order valence-electron chi connectivity index (χ4n) is 2.40. The molecule has 0 bridgehead atoms. The van der Waals surface area contributed by atoms with Crippen molar-refractivity contribution < 1.29 is 9.53 Å². The SMILES string of the molecule is COCCN=C1NN2C(CNc3cccc(C(C)=O)c3)=CNC2S1. The van der Waals surface area contributed by atoms with Gasteiger partial charge in [-0.25, -0.2) is 0 Å². The number of rotatable bonds is 7. The van der Waals surface area contributed by atoms with Gasteiger partial charge in [-0.3, -0.25) is 20.2 Å². The maximum Gasteiger partial charge on any atom is 0.179 e. The van der Waals surface area contributed by atoms with Crippen LogP contribution in [0.5, 0.6) is 0 Å². The standard InChI is InChI=1S/C16H21N5O2S/c1-11(22)12-4-3-5-13(8-12)18-9-14-10-19-16-21(14)20-15(24-16)17-6-7-23-2/h3-5,8,10,16,18-19H,6-7,9H2,1-2H3,(H,17,20). The summed E-state index contributed by atoms with van der Waals surface area (Å²) in [5.74, 6) is 0.0648. The summed E-state index contributed by atoms with van der Waals surface area (Å²) in [5, 5.41) is 9.60. The molecule has 1 unspecified atom stereocenters. The van der Waals surface area contributed by atoms with Crippen molar-refractivity contribution in [3.8, 4) is 0 Å². The van der Waals surface area contributed by atoms with Gasteiger partial charge in [-0.05, 0) is 30.8 Å². The molecule has 2 heterocycles. The molecule has 1 aromatic carbocycles. The predicted octanol–water partition coefficient (Wildman–Crippen LogP) is 1.59. The minimum atomic E-state index is 0.0648. The Hall–Kier alpha value is -2.19. The van der Waals surface area contributed by atoms with E-state index in [9.17, 15) is 4.79 Å². The second kappa shape index (κ2) is 7.59. The molecule has 0 spiro atoms. The van der Waals surface area contributed by atoms with Gasteiger partial charge in [0.25, 0.3) is 0 Å². The average Bonchev–Trinajstić information content (AvgIpc) is 3.14. The number of carbonyl (C=O) groups is 1. The zero-order chi connectivity index (χ0) is 16.9. The van der Waals surface area contributed by atoms with Crippen molar-refractivity contribution >= 4 is 28.4 Å². The number of anilines is 1. The Balaban J connectivity index is 1.56. The summed E-state index contributed by atoms with van der Waals surface area (Å²) in [5.41, 5.74) is 6.12. The highest BCUT2D eigenvalue weighted by molar-refractivity contribution is 8.14. The van der Waals surface area contributed by atoms with Crippen molar-refractivity contribution in [3.05, 3.63) is 41.7 Å². The van der Waals surface area contributed by atoms with Gasteiger partial charge < -0.3 is 15.4 Å². The van der Waals surface area contributed by atoms with Crippen LogP contribution >= 0.6 is 11.8 Å². The number of hydrazine groups is 1. The van der Waals surface area contributed by atoms with Crippen LogP contribution in [-0.2, 0) is 4.74 Å². The van der Waals surface area contributed by atoms with E-state index in [0.717, 1.165) is 16.6 Å². The minimum absolute atomic E-state index is 0.0648. The van der Waals surface area contributed by atoms with Crippen LogP contribution in [0.2, 0.25) is 0 Å². The molecule has 2 aliphatic rings. The minimum Gasteiger partial charge on any atom is -0.383 e. The zero-order valence-corrected chi connectivity index (χ0v) is 14.5. The van der Waals surface area contributed by atoms with Gasteiger partial charge in [0.2, 0.25) is 0 Å². The molecule has 0 aromatic heterocycles. The lowest BCUT2D eigenvalue weighted by molar-refractivity contribution is 0.101. The third kappa shape index (κ3) is 3.82. The Morgan fingerprint density at radius 3 is 3.17 bits per heavy atom. The van der Waals surface area contributed by atoms with E-state index in [0.29, 0.717) is 25.3 Å². The molecule has 0 saturated carbocycles. The molecule has 0 aliphatic carbocycles. The third-order valence-electron chi connectivity index (χ3n) is 3.67. The number of nitrogens with zero attached hydrogens (tertiary/aromatic N) is 2. The van der Waals surface area contributed by atoms with E-state index < -0.39 is 0 Å². The number of hydrogen-bond acceptors (Lipinski definition) is 7. The molecule has 0 amide bonds. The molecule has 3 rings (SSSR count). The number of aliphatic imine (C=N–C) groups is 1. The fourth-order valence-corrected chi connectivity index (χ4v) is 3.36. The lowest BCUT2D eigenvalue weighted by Crippen LogP contribution is -2.38. The Morgan fingerprint density at radius 2 is 2.38 bits per heavy atom. The number of thioether (sulfide) groups is 1. The molecule has 7 nitrogen and oxygen atoms in total. The van der Waals surface area contributed by atoms with Gasteiger partial charge in [0, 0.05) is 24.6 Å². The van der Waals surface area contributed by atoms with Crippen LogP contribution in [0.1, 0.15) is 17.3 Å². The smallest absolute Gasteiger partial charge is 0.179 e. The van der Waals surface area contributed by atoms with Crippen LogP contribution in [0.15, 0.2) is 41.2 Å². The molecule has 128 valence electrons. The van der Waals surface area contributed by atoms with Gasteiger partial charge >= 0.3 is 0 Å². The summed E-state index contributed by atoms with van der Waals surface area (Å²) in [6.07, 6.45) is 1.98. The van der Waals surface area contributed by atoms with E-state index in [2.05, 4.69) is 26.1 Å². The Bertz CT molecular complexity index is 676. The lowest BCUT2D eigenvalue weighted by Gasteiger charge is -2.20. The maximum absolute atomic E-state index is 11.5. The molecule has 1 aromatic rings. The molecule has 8 heteroatoms. The number of hydrogen-bond donors (Lipinski definition) is 3. The van der Waals surface area contributed by atoms with E-state index in [1.807, 2.05) is 30.5 Å². The highest BCUT2D eigenvalue weighted by Crippen LogP contribution is 2.28. The summed E-state index contributed by atoms with van der Waals surface area (Å²) in [7, 11) is 1.67. The number of benzene rings is 1. The number of ketones is 1. The average molecular weight is 347 g/mol. The molecule has 24 heavy (non-hydrogen) atoms. The number of ether oxygens (including phenoxy) is 1. The van der Waals surface area contributed by atoms with E-state index in [1.54, 1.807) is 25.8 Å². The van der Waals surface area contributed by atoms with Gasteiger partial charge in [0.15, 0.2) is 16.4 Å². The van der Waals surface area contributed by atoms with Crippen LogP contribution in [0.4, 0.5) is 5.69 Å². The predicted molar refractivity (Wildman–Crippen MR) is 96.7 cm³/mol. The van der Waals surface area contributed by atoms with Crippen LogP contribution in [0.25, 0.3) is 0 Å². The van der Waals surface area contributed by atoms with Crippen LogP contribution in [0, 0.1) is 0 Å². The Kier molecular flexibility index (Phi) is 5.27. The first-order valence-electron chi connectivity index (χ1n) is 7.73. The molecule has 1 saturated heterocycles. The topological polar surface area (TPSA) is 78.0 Å². The summed E-state index contributed by atoms with van der Waals surface area (Å²) in [6, 6.07) is 7.53. The van der Waals surface area contributed by atoms with Crippen molar-refractivity contribution in [2.24, 2.45) is 4.99 Å². The third-order valence-corrected chi connectivity index (χ3v) is 4.68. The van der Waals surface area contributed by atoms with Gasteiger partial charge in [-0.15, -0.1) is 0 Å². The lowest BCUT2D eigenvalue weighted by atomic mass is 10.1. The molecule has 1 fully saturated rings. The normalized spacial score (nSPS) is 20.4. The molecule has 0 radical (unpaired) electrons. The quantitative estimate of drug-likeness (QED) is 0.511. The summed E-state index contributed by atoms with van der Waals surface area (Å²) >= 11 is 1.64. The summed E-state index contributed by atoms with van der Waals surface area (Å²) in [6.45, 7) is 3.47. The first kappa shape index (κ1) is 16.7. The molecule has 1 atom stereocenters. The number of fused-ring (bicyclic) bond motifs is 1. The van der Waals surface area contributed by atoms with Gasteiger partial charge in [0.05, 0.1) is 25.4 Å². The van der Waals surface area contributed by atoms with E-state index >= 15 is 0 Å². The number of Topliss-reactive ketones (excluding diaryl/α,β-unsaturated/α-hetero) is 1. The largest absolute Gasteiger partial charge is 0.383 e. The van der Waals surface area contributed by atoms with Crippen molar-refractivity contribution in [2.45, 2.75) is 12.4 Å². The summed E-state index contributed by atoms with van der Waals surface area (Å²) in [4.78, 5) is 15.9. The van der Waals surface area contributed by atoms with Crippen molar-refractivity contribution in [1.29, 1.82) is 0 Å². The molecular formula is C16H21N5O2S. The zero-order valence-electron chi connectivity index (χ0n) is 13.7. The Labute approximate surface area is 145 Å². The summed E-state index contributed by atoms with van der Waals surface area (Å²) < 4.78 is 5.01. The molecule has 3 N–H and O–H groups in total. The number of methoxy groups -OCH3 is 1. The Morgan fingerprint density at radius 1 is 1.50 bits per heavy atom. The van der Waals surface area contributed by atoms with Crippen molar-refractivity contribution in [3.63, 3.8) is 0 Å².